The Hall–Kier alpha value is -1.71. The molecule has 0 radical (unpaired) electrons. The number of nitrogens with zero attached hydrogens (tertiary/aromatic N) is 2. The molecular weight excluding hydrogens is 290 g/mol. The van der Waals surface area contributed by atoms with Gasteiger partial charge in [-0.3, -0.25) is 0 Å². The largest absolute Gasteiger partial charge is 0.477 e. The summed E-state index contributed by atoms with van der Waals surface area (Å²) in [5.41, 5.74) is -0.0883. The lowest BCUT2D eigenvalue weighted by Gasteiger charge is -2.02. The van der Waals surface area contributed by atoms with Crippen LogP contribution in [0, 0.1) is 0 Å². The highest BCUT2D eigenvalue weighted by Gasteiger charge is 2.20. The van der Waals surface area contributed by atoms with Gasteiger partial charge in [0.15, 0.2) is 0 Å². The number of carbonyl (C=O) groups is 1. The Kier molecular flexibility index (Phi) is 3.69. The maximum Gasteiger partial charge on any atom is 0.352 e. The molecule has 0 saturated heterocycles. The predicted molar refractivity (Wildman–Crippen MR) is 68.5 cm³/mol. The molecule has 102 valence electrons. The molecule has 2 aromatic heterocycles. The molecule has 0 spiro atoms. The summed E-state index contributed by atoms with van der Waals surface area (Å²) >= 11 is 1.33. The fraction of sp³-hybridized carbons (Fsp3) is 0.200. The molecule has 2 aromatic rings. The van der Waals surface area contributed by atoms with E-state index >= 15 is 0 Å². The monoisotopic (exact) mass is 301 g/mol. The smallest absolute Gasteiger partial charge is 0.352 e. The number of sulfonamides is 1. The minimum atomic E-state index is -3.74. The summed E-state index contributed by atoms with van der Waals surface area (Å²) in [6.07, 6.45) is 2.84. The highest BCUT2D eigenvalue weighted by atomic mass is 32.2. The average molecular weight is 301 g/mol. The van der Waals surface area contributed by atoms with Crippen molar-refractivity contribution < 1.29 is 18.3 Å². The van der Waals surface area contributed by atoms with Crippen LogP contribution in [-0.4, -0.2) is 29.0 Å². The van der Waals surface area contributed by atoms with E-state index in [4.69, 9.17) is 5.11 Å². The zero-order valence-electron chi connectivity index (χ0n) is 9.90. The van der Waals surface area contributed by atoms with Crippen molar-refractivity contribution in [3.63, 3.8) is 0 Å². The molecule has 2 rings (SSSR count). The normalized spacial score (nSPS) is 11.6. The van der Waals surface area contributed by atoms with Crippen molar-refractivity contribution in [2.75, 3.05) is 0 Å². The fourth-order valence-electron chi connectivity index (χ4n) is 1.47. The highest BCUT2D eigenvalue weighted by Crippen LogP contribution is 2.14. The molecule has 0 amide bonds. The first-order valence-electron chi connectivity index (χ1n) is 5.18. The van der Waals surface area contributed by atoms with Crippen molar-refractivity contribution in [3.8, 4) is 0 Å². The second kappa shape index (κ2) is 5.11. The summed E-state index contributed by atoms with van der Waals surface area (Å²) < 4.78 is 27.6. The lowest BCUT2D eigenvalue weighted by molar-refractivity contribution is 0.0686. The van der Waals surface area contributed by atoms with Crippen LogP contribution in [0.25, 0.3) is 0 Å². The van der Waals surface area contributed by atoms with E-state index in [1.54, 1.807) is 11.6 Å². The Balaban J connectivity index is 2.20. The second-order valence-corrected chi connectivity index (χ2v) is 6.47. The lowest BCUT2D eigenvalue weighted by Crippen LogP contribution is -2.22. The minimum absolute atomic E-state index is 0.0797. The van der Waals surface area contributed by atoms with Gasteiger partial charge in [0.05, 0.1) is 6.54 Å². The number of carboxylic acids is 1. The van der Waals surface area contributed by atoms with Gasteiger partial charge in [0.25, 0.3) is 0 Å². The summed E-state index contributed by atoms with van der Waals surface area (Å²) in [5.74, 6) is -1.18. The summed E-state index contributed by atoms with van der Waals surface area (Å²) in [6.45, 7) is 0.0807. The predicted octanol–water partition coefficient (Wildman–Crippen LogP) is 0.658. The van der Waals surface area contributed by atoms with E-state index in [9.17, 15) is 13.2 Å². The Morgan fingerprint density at radius 3 is 2.84 bits per heavy atom. The van der Waals surface area contributed by atoms with E-state index in [0.717, 1.165) is 6.07 Å². The maximum atomic E-state index is 12.0. The molecule has 0 atom stereocenters. The Morgan fingerprint density at radius 2 is 2.32 bits per heavy atom. The van der Waals surface area contributed by atoms with E-state index in [0.29, 0.717) is 5.01 Å². The van der Waals surface area contributed by atoms with Gasteiger partial charge in [0, 0.05) is 24.8 Å². The van der Waals surface area contributed by atoms with E-state index < -0.39 is 16.0 Å². The highest BCUT2D eigenvalue weighted by molar-refractivity contribution is 7.89. The van der Waals surface area contributed by atoms with Crippen LogP contribution in [0.4, 0.5) is 0 Å². The molecule has 19 heavy (non-hydrogen) atoms. The Morgan fingerprint density at radius 1 is 1.58 bits per heavy atom. The molecule has 0 aromatic carbocycles. The quantitative estimate of drug-likeness (QED) is 0.844. The van der Waals surface area contributed by atoms with Crippen LogP contribution in [0.15, 0.2) is 28.7 Å². The molecule has 9 heteroatoms. The van der Waals surface area contributed by atoms with E-state index in [1.807, 2.05) is 0 Å². The number of hydrogen-bond acceptors (Lipinski definition) is 5. The first-order chi connectivity index (χ1) is 8.90. The van der Waals surface area contributed by atoms with Crippen LogP contribution in [0.3, 0.4) is 0 Å². The third kappa shape index (κ3) is 3.00. The SMILES string of the molecule is Cn1cc(S(=O)(=O)NCc2nccs2)cc1C(=O)O. The summed E-state index contributed by atoms with van der Waals surface area (Å²) in [7, 11) is -2.26. The third-order valence-electron chi connectivity index (χ3n) is 2.41. The third-order valence-corrected chi connectivity index (χ3v) is 4.55. The van der Waals surface area contributed by atoms with Crippen molar-refractivity contribution in [2.24, 2.45) is 7.05 Å². The Labute approximate surface area is 113 Å². The molecular formula is C10H11N3O4S2. The zero-order valence-corrected chi connectivity index (χ0v) is 11.5. The molecule has 2 heterocycles. The second-order valence-electron chi connectivity index (χ2n) is 3.73. The standard InChI is InChI=1S/C10H11N3O4S2/c1-13-6-7(4-8(13)10(14)15)19(16,17)12-5-9-11-2-3-18-9/h2-4,6,12H,5H2,1H3,(H,14,15). The molecule has 0 aliphatic rings. The molecule has 0 fully saturated rings. The van der Waals surface area contributed by atoms with Gasteiger partial charge in [-0.25, -0.2) is 22.9 Å². The number of aromatic nitrogens is 2. The average Bonchev–Trinajstić information content (AvgIpc) is 2.95. The van der Waals surface area contributed by atoms with Gasteiger partial charge < -0.3 is 9.67 Å². The number of rotatable bonds is 5. The number of carboxylic acid groups (broad SMARTS) is 1. The summed E-state index contributed by atoms with van der Waals surface area (Å²) in [6, 6.07) is 1.12. The lowest BCUT2D eigenvalue weighted by atomic mass is 10.4. The van der Waals surface area contributed by atoms with Crippen molar-refractivity contribution >= 4 is 27.3 Å². The van der Waals surface area contributed by atoms with Gasteiger partial charge in [-0.1, -0.05) is 0 Å². The molecule has 2 N–H and O–H groups in total. The van der Waals surface area contributed by atoms with Gasteiger partial charge in [-0.2, -0.15) is 0 Å². The molecule has 7 nitrogen and oxygen atoms in total. The van der Waals surface area contributed by atoms with Gasteiger partial charge in [0.2, 0.25) is 10.0 Å². The topological polar surface area (TPSA) is 101 Å². The van der Waals surface area contributed by atoms with Crippen molar-refractivity contribution in [3.05, 3.63) is 34.5 Å². The number of nitrogens with one attached hydrogen (secondary N) is 1. The first kappa shape index (κ1) is 13.7. The van der Waals surface area contributed by atoms with Crippen molar-refractivity contribution in [1.82, 2.24) is 14.3 Å². The number of aryl methyl sites for hydroxylation is 1. The van der Waals surface area contributed by atoms with Gasteiger partial charge >= 0.3 is 5.97 Å². The van der Waals surface area contributed by atoms with E-state index in [2.05, 4.69) is 9.71 Å². The zero-order chi connectivity index (χ0) is 14.0. The summed E-state index contributed by atoms with van der Waals surface area (Å²) in [5, 5.41) is 11.3. The van der Waals surface area contributed by atoms with Gasteiger partial charge in [-0.15, -0.1) is 11.3 Å². The minimum Gasteiger partial charge on any atom is -0.477 e. The summed E-state index contributed by atoms with van der Waals surface area (Å²) in [4.78, 5) is 14.7. The van der Waals surface area contributed by atoms with Crippen molar-refractivity contribution in [2.45, 2.75) is 11.4 Å². The van der Waals surface area contributed by atoms with E-state index in [-0.39, 0.29) is 17.1 Å². The van der Waals surface area contributed by atoms with Crippen molar-refractivity contribution in [1.29, 1.82) is 0 Å². The molecule has 0 aliphatic carbocycles. The van der Waals surface area contributed by atoms with Crippen LogP contribution in [-0.2, 0) is 23.6 Å². The number of aromatic carboxylic acids is 1. The van der Waals surface area contributed by atoms with E-state index in [1.165, 1.54) is 29.1 Å². The molecule has 0 aliphatic heterocycles. The van der Waals surface area contributed by atoms with Crippen LogP contribution in [0.1, 0.15) is 15.5 Å². The fourth-order valence-corrected chi connectivity index (χ4v) is 3.18. The number of hydrogen-bond donors (Lipinski definition) is 2. The molecule has 0 bridgehead atoms. The van der Waals surface area contributed by atoms with Crippen LogP contribution in [0.2, 0.25) is 0 Å². The first-order valence-corrected chi connectivity index (χ1v) is 7.54. The van der Waals surface area contributed by atoms with Crippen LogP contribution >= 0.6 is 11.3 Å². The molecule has 0 saturated carbocycles. The maximum absolute atomic E-state index is 12.0. The van der Waals surface area contributed by atoms with Gasteiger partial charge in [0.1, 0.15) is 15.6 Å². The van der Waals surface area contributed by atoms with Gasteiger partial charge in [-0.05, 0) is 6.07 Å². The van der Waals surface area contributed by atoms with Crippen LogP contribution < -0.4 is 4.72 Å². The Bertz CT molecular complexity index is 688. The number of thiazole rings is 1. The molecule has 0 unspecified atom stereocenters. The van der Waals surface area contributed by atoms with Crippen LogP contribution in [0.5, 0.6) is 0 Å².